The minimum absolute atomic E-state index is 0.000215. The van der Waals surface area contributed by atoms with Gasteiger partial charge >= 0.3 is 0 Å². The summed E-state index contributed by atoms with van der Waals surface area (Å²) in [5.41, 5.74) is 6.01. The van der Waals surface area contributed by atoms with E-state index in [2.05, 4.69) is 5.16 Å². The van der Waals surface area contributed by atoms with Crippen LogP contribution >= 0.6 is 23.4 Å². The summed E-state index contributed by atoms with van der Waals surface area (Å²) < 4.78 is 12.8. The van der Waals surface area contributed by atoms with Crippen molar-refractivity contribution in [3.63, 3.8) is 0 Å². The summed E-state index contributed by atoms with van der Waals surface area (Å²) in [4.78, 5) is 1.68. The Balaban J connectivity index is 2.24. The largest absolute Gasteiger partial charge is 0.409 e. The summed E-state index contributed by atoms with van der Waals surface area (Å²) in [5.74, 6) is -0.280. The summed E-state index contributed by atoms with van der Waals surface area (Å²) in [5, 5.41) is 12.0. The van der Waals surface area contributed by atoms with Gasteiger partial charge in [-0.05, 0) is 42.5 Å². The summed E-state index contributed by atoms with van der Waals surface area (Å²) in [6.45, 7) is 0. The number of oxime groups is 1. The Bertz CT molecular complexity index is 617. The molecule has 0 aliphatic heterocycles. The summed E-state index contributed by atoms with van der Waals surface area (Å²) in [6.07, 6.45) is 0. The fraction of sp³-hybridized carbons (Fsp3) is 0. The van der Waals surface area contributed by atoms with Gasteiger partial charge in [-0.3, -0.25) is 0 Å². The maximum Gasteiger partial charge on any atom is 0.170 e. The fourth-order valence-electron chi connectivity index (χ4n) is 1.43. The highest BCUT2D eigenvalue weighted by atomic mass is 35.5. The average Bonchev–Trinajstić information content (AvgIpc) is 2.42. The molecular weight excluding hydrogens is 287 g/mol. The first-order valence-electron chi connectivity index (χ1n) is 5.31. The molecule has 0 amide bonds. The van der Waals surface area contributed by atoms with Gasteiger partial charge in [-0.15, -0.1) is 0 Å². The lowest BCUT2D eigenvalue weighted by Gasteiger charge is -2.06. The van der Waals surface area contributed by atoms with Crippen LogP contribution in [0.15, 0.2) is 57.4 Å². The van der Waals surface area contributed by atoms with Crippen LogP contribution in [0.2, 0.25) is 5.02 Å². The fourth-order valence-corrected chi connectivity index (χ4v) is 2.55. The van der Waals surface area contributed by atoms with Gasteiger partial charge in [-0.25, -0.2) is 4.39 Å². The first kappa shape index (κ1) is 13.7. The summed E-state index contributed by atoms with van der Waals surface area (Å²) in [7, 11) is 0. The van der Waals surface area contributed by atoms with Crippen molar-refractivity contribution in [2.24, 2.45) is 10.9 Å². The molecule has 6 heteroatoms. The van der Waals surface area contributed by atoms with Gasteiger partial charge in [0.15, 0.2) is 5.84 Å². The molecule has 0 aliphatic rings. The Morgan fingerprint density at radius 3 is 2.47 bits per heavy atom. The van der Waals surface area contributed by atoms with Gasteiger partial charge in [0, 0.05) is 15.4 Å². The molecule has 19 heavy (non-hydrogen) atoms. The molecule has 3 nitrogen and oxygen atoms in total. The molecule has 0 aromatic heterocycles. The summed E-state index contributed by atoms with van der Waals surface area (Å²) >= 11 is 7.53. The van der Waals surface area contributed by atoms with Crippen LogP contribution in [0, 0.1) is 5.82 Å². The maximum atomic E-state index is 12.8. The van der Waals surface area contributed by atoms with E-state index in [1.165, 1.54) is 23.9 Å². The van der Waals surface area contributed by atoms with Crippen molar-refractivity contribution in [3.8, 4) is 0 Å². The SMILES string of the molecule is NC(=NO)c1ccc(Sc2ccc(F)cc2)c(Cl)c1. The van der Waals surface area contributed by atoms with Gasteiger partial charge in [-0.2, -0.15) is 0 Å². The van der Waals surface area contributed by atoms with Gasteiger partial charge in [0.25, 0.3) is 0 Å². The van der Waals surface area contributed by atoms with Crippen molar-refractivity contribution in [3.05, 3.63) is 58.9 Å². The second kappa shape index (κ2) is 5.95. The molecule has 0 fully saturated rings. The van der Waals surface area contributed by atoms with Crippen molar-refractivity contribution in [1.29, 1.82) is 0 Å². The lowest BCUT2D eigenvalue weighted by atomic mass is 10.2. The highest BCUT2D eigenvalue weighted by Gasteiger charge is 2.06. The van der Waals surface area contributed by atoms with Crippen LogP contribution in [0.1, 0.15) is 5.56 Å². The van der Waals surface area contributed by atoms with E-state index in [9.17, 15) is 4.39 Å². The quantitative estimate of drug-likeness (QED) is 0.393. The van der Waals surface area contributed by atoms with Crippen LogP contribution in [-0.2, 0) is 0 Å². The Kier molecular flexibility index (Phi) is 4.29. The predicted molar refractivity (Wildman–Crippen MR) is 74.5 cm³/mol. The molecule has 0 radical (unpaired) electrons. The highest BCUT2D eigenvalue weighted by molar-refractivity contribution is 7.99. The smallest absolute Gasteiger partial charge is 0.170 e. The number of rotatable bonds is 3. The van der Waals surface area contributed by atoms with Crippen molar-refractivity contribution in [1.82, 2.24) is 0 Å². The molecule has 98 valence electrons. The lowest BCUT2D eigenvalue weighted by Crippen LogP contribution is -2.12. The maximum absolute atomic E-state index is 12.8. The molecule has 3 N–H and O–H groups in total. The third-order valence-electron chi connectivity index (χ3n) is 2.38. The first-order chi connectivity index (χ1) is 9.10. The Labute approximate surface area is 118 Å². The van der Waals surface area contributed by atoms with Crippen molar-refractivity contribution in [2.75, 3.05) is 0 Å². The second-order valence-corrected chi connectivity index (χ2v) is 5.21. The molecule has 0 atom stereocenters. The summed E-state index contributed by atoms with van der Waals surface area (Å²) in [6, 6.07) is 11.2. The normalized spacial score (nSPS) is 11.6. The number of nitrogens with two attached hydrogens (primary N) is 1. The van der Waals surface area contributed by atoms with E-state index in [1.807, 2.05) is 0 Å². The monoisotopic (exact) mass is 296 g/mol. The second-order valence-electron chi connectivity index (χ2n) is 3.69. The van der Waals surface area contributed by atoms with Crippen LogP contribution < -0.4 is 5.73 Å². The van der Waals surface area contributed by atoms with E-state index in [0.29, 0.717) is 10.6 Å². The zero-order valence-electron chi connectivity index (χ0n) is 9.68. The van der Waals surface area contributed by atoms with E-state index < -0.39 is 0 Å². The minimum Gasteiger partial charge on any atom is -0.409 e. The van der Waals surface area contributed by atoms with Gasteiger partial charge in [0.05, 0.1) is 5.02 Å². The minimum atomic E-state index is -0.280. The number of halogens is 2. The predicted octanol–water partition coefficient (Wildman–Crippen LogP) is 3.72. The first-order valence-corrected chi connectivity index (χ1v) is 6.50. The number of nitrogens with zero attached hydrogens (tertiary/aromatic N) is 1. The topological polar surface area (TPSA) is 58.6 Å². The van der Waals surface area contributed by atoms with Gasteiger partial charge in [0.2, 0.25) is 0 Å². The van der Waals surface area contributed by atoms with Gasteiger partial charge in [-0.1, -0.05) is 28.5 Å². The van der Waals surface area contributed by atoms with E-state index in [4.69, 9.17) is 22.5 Å². The third kappa shape index (κ3) is 3.39. The molecule has 0 unspecified atom stereocenters. The Hall–Kier alpha value is -1.72. The molecular formula is C13H10ClFN2OS. The van der Waals surface area contributed by atoms with E-state index in [1.54, 1.807) is 30.3 Å². The van der Waals surface area contributed by atoms with E-state index in [-0.39, 0.29) is 11.7 Å². The van der Waals surface area contributed by atoms with Crippen molar-refractivity contribution < 1.29 is 9.60 Å². The van der Waals surface area contributed by atoms with Crippen LogP contribution in [0.25, 0.3) is 0 Å². The average molecular weight is 297 g/mol. The van der Waals surface area contributed by atoms with Crippen LogP contribution in [0.3, 0.4) is 0 Å². The van der Waals surface area contributed by atoms with Crippen molar-refractivity contribution >= 4 is 29.2 Å². The zero-order chi connectivity index (χ0) is 13.8. The standard InChI is InChI=1S/C13H10ClFN2OS/c14-11-7-8(13(16)17-18)1-6-12(11)19-10-4-2-9(15)3-5-10/h1-7,18H,(H2,16,17). The zero-order valence-corrected chi connectivity index (χ0v) is 11.2. The number of benzene rings is 2. The third-order valence-corrected chi connectivity index (χ3v) is 3.89. The van der Waals surface area contributed by atoms with Crippen molar-refractivity contribution in [2.45, 2.75) is 9.79 Å². The molecule has 0 saturated carbocycles. The number of amidine groups is 1. The molecule has 0 heterocycles. The molecule has 0 aliphatic carbocycles. The highest BCUT2D eigenvalue weighted by Crippen LogP contribution is 2.33. The molecule has 2 aromatic carbocycles. The number of hydrogen-bond acceptors (Lipinski definition) is 3. The van der Waals surface area contributed by atoms with Crippen LogP contribution in [0.4, 0.5) is 4.39 Å². The van der Waals surface area contributed by atoms with E-state index >= 15 is 0 Å². The molecule has 0 spiro atoms. The van der Waals surface area contributed by atoms with Crippen LogP contribution in [0.5, 0.6) is 0 Å². The van der Waals surface area contributed by atoms with Crippen LogP contribution in [-0.4, -0.2) is 11.0 Å². The molecule has 0 bridgehead atoms. The van der Waals surface area contributed by atoms with E-state index in [0.717, 1.165) is 9.79 Å². The van der Waals surface area contributed by atoms with Gasteiger partial charge in [0.1, 0.15) is 5.82 Å². The Morgan fingerprint density at radius 1 is 1.21 bits per heavy atom. The lowest BCUT2D eigenvalue weighted by molar-refractivity contribution is 0.318. The number of hydrogen-bond donors (Lipinski definition) is 2. The molecule has 2 aromatic rings. The Morgan fingerprint density at radius 2 is 1.89 bits per heavy atom. The molecule has 0 saturated heterocycles. The van der Waals surface area contributed by atoms with Gasteiger partial charge < -0.3 is 10.9 Å². The molecule has 2 rings (SSSR count).